The topological polar surface area (TPSA) is 113 Å². The highest BCUT2D eigenvalue weighted by atomic mass is 35.5. The van der Waals surface area contributed by atoms with Gasteiger partial charge in [0.2, 0.25) is 0 Å². The fourth-order valence-electron chi connectivity index (χ4n) is 1.93. The van der Waals surface area contributed by atoms with Crippen LogP contribution in [0.25, 0.3) is 0 Å². The first-order valence-corrected chi connectivity index (χ1v) is 7.95. The average molecular weight is 378 g/mol. The molecule has 3 N–H and O–H groups in total. The van der Waals surface area contributed by atoms with E-state index < -0.39 is 23.6 Å². The Morgan fingerprint density at radius 2 is 1.81 bits per heavy atom. The second-order valence-electron chi connectivity index (χ2n) is 5.52. The number of carbonyl (C=O) groups excluding carboxylic acids is 2. The zero-order valence-corrected chi connectivity index (χ0v) is 14.5. The van der Waals surface area contributed by atoms with Crippen LogP contribution < -0.4 is 10.1 Å². The molecule has 8 heteroatoms. The van der Waals surface area contributed by atoms with E-state index in [-0.39, 0.29) is 22.9 Å². The third-order valence-corrected chi connectivity index (χ3v) is 3.68. The molecule has 1 unspecified atom stereocenters. The van der Waals surface area contributed by atoms with Gasteiger partial charge in [-0.1, -0.05) is 11.6 Å². The minimum Gasteiger partial charge on any atom is -0.507 e. The second kappa shape index (κ2) is 8.35. The van der Waals surface area contributed by atoms with E-state index in [0.29, 0.717) is 11.4 Å². The lowest BCUT2D eigenvalue weighted by Crippen LogP contribution is -2.23. The van der Waals surface area contributed by atoms with E-state index in [1.165, 1.54) is 49.4 Å². The van der Waals surface area contributed by atoms with Crippen LogP contribution in [0.1, 0.15) is 17.3 Å². The monoisotopic (exact) mass is 377 g/mol. The standard InChI is InChI=1S/C18H16ClNO6/c1-10(18(24)25)9-26-13-5-3-12(4-6-13)20-17(23)16(22)14-7-2-11(19)8-15(14)21/h2-8,10,21H,9H2,1H3,(H,20,23)(H,24,25). The second-order valence-corrected chi connectivity index (χ2v) is 5.96. The molecule has 0 spiro atoms. The molecule has 26 heavy (non-hydrogen) atoms. The van der Waals surface area contributed by atoms with Gasteiger partial charge < -0.3 is 20.3 Å². The Balaban J connectivity index is 1.98. The maximum Gasteiger partial charge on any atom is 0.309 e. The van der Waals surface area contributed by atoms with Gasteiger partial charge in [0.1, 0.15) is 18.1 Å². The summed E-state index contributed by atoms with van der Waals surface area (Å²) in [4.78, 5) is 34.9. The molecular weight excluding hydrogens is 362 g/mol. The summed E-state index contributed by atoms with van der Waals surface area (Å²) >= 11 is 5.69. The number of carboxylic acid groups (broad SMARTS) is 1. The fourth-order valence-corrected chi connectivity index (χ4v) is 2.10. The van der Waals surface area contributed by atoms with Crippen molar-refractivity contribution >= 4 is 34.9 Å². The summed E-state index contributed by atoms with van der Waals surface area (Å²) in [7, 11) is 0. The number of anilines is 1. The van der Waals surface area contributed by atoms with E-state index in [1.54, 1.807) is 0 Å². The number of ether oxygens (including phenoxy) is 1. The van der Waals surface area contributed by atoms with Gasteiger partial charge in [0.25, 0.3) is 11.7 Å². The Bertz CT molecular complexity index is 834. The summed E-state index contributed by atoms with van der Waals surface area (Å²) in [5.41, 5.74) is 0.185. The number of halogens is 1. The van der Waals surface area contributed by atoms with E-state index in [1.807, 2.05) is 0 Å². The quantitative estimate of drug-likeness (QED) is 0.505. The van der Waals surface area contributed by atoms with Crippen molar-refractivity contribution in [3.63, 3.8) is 0 Å². The van der Waals surface area contributed by atoms with Crippen molar-refractivity contribution in [1.29, 1.82) is 0 Å². The molecule has 0 aliphatic carbocycles. The van der Waals surface area contributed by atoms with Crippen LogP contribution in [0.2, 0.25) is 5.02 Å². The van der Waals surface area contributed by atoms with Crippen molar-refractivity contribution in [1.82, 2.24) is 0 Å². The van der Waals surface area contributed by atoms with E-state index in [4.69, 9.17) is 21.4 Å². The SMILES string of the molecule is CC(COc1ccc(NC(=O)C(=O)c2ccc(Cl)cc2O)cc1)C(=O)O. The van der Waals surface area contributed by atoms with Gasteiger partial charge in [0, 0.05) is 10.7 Å². The van der Waals surface area contributed by atoms with Crippen LogP contribution in [-0.4, -0.2) is 34.5 Å². The molecule has 1 atom stereocenters. The number of carbonyl (C=O) groups is 3. The number of aromatic hydroxyl groups is 1. The molecule has 0 heterocycles. The number of Topliss-reactive ketones (excluding diaryl/α,β-unsaturated/α-hetero) is 1. The van der Waals surface area contributed by atoms with Crippen molar-refractivity contribution in [3.8, 4) is 11.5 Å². The number of carboxylic acids is 1. The maximum absolute atomic E-state index is 12.1. The summed E-state index contributed by atoms with van der Waals surface area (Å²) < 4.78 is 5.33. The molecular formula is C18H16ClNO6. The van der Waals surface area contributed by atoms with Gasteiger partial charge in [0.15, 0.2) is 0 Å². The third-order valence-electron chi connectivity index (χ3n) is 3.44. The molecule has 7 nitrogen and oxygen atoms in total. The number of phenolic OH excluding ortho intramolecular Hbond substituents is 1. The zero-order chi connectivity index (χ0) is 19.3. The molecule has 2 rings (SSSR count). The Kier molecular flexibility index (Phi) is 6.19. The smallest absolute Gasteiger partial charge is 0.309 e. The number of phenols is 1. The van der Waals surface area contributed by atoms with Crippen LogP contribution in [0.5, 0.6) is 11.5 Å². The Morgan fingerprint density at radius 1 is 1.15 bits per heavy atom. The van der Waals surface area contributed by atoms with Gasteiger partial charge in [-0.2, -0.15) is 0 Å². The highest BCUT2D eigenvalue weighted by Crippen LogP contribution is 2.23. The Hall–Kier alpha value is -3.06. The van der Waals surface area contributed by atoms with Crippen LogP contribution >= 0.6 is 11.6 Å². The molecule has 0 aliphatic heterocycles. The van der Waals surface area contributed by atoms with E-state index in [0.717, 1.165) is 0 Å². The zero-order valence-electron chi connectivity index (χ0n) is 13.7. The van der Waals surface area contributed by atoms with Crippen molar-refractivity contribution in [2.24, 2.45) is 5.92 Å². The molecule has 0 bridgehead atoms. The normalized spacial score (nSPS) is 11.5. The lowest BCUT2D eigenvalue weighted by molar-refractivity contribution is -0.142. The molecule has 2 aromatic rings. The molecule has 0 fully saturated rings. The number of benzene rings is 2. The molecule has 0 saturated heterocycles. The number of hydrogen-bond donors (Lipinski definition) is 3. The predicted octanol–water partition coefficient (Wildman–Crippen LogP) is 2.97. The van der Waals surface area contributed by atoms with Gasteiger partial charge in [-0.15, -0.1) is 0 Å². The van der Waals surface area contributed by atoms with E-state index >= 15 is 0 Å². The number of hydrogen-bond acceptors (Lipinski definition) is 5. The van der Waals surface area contributed by atoms with Gasteiger partial charge in [-0.3, -0.25) is 14.4 Å². The van der Waals surface area contributed by atoms with Gasteiger partial charge in [-0.05, 0) is 49.4 Å². The number of rotatable bonds is 7. The van der Waals surface area contributed by atoms with Crippen LogP contribution in [0, 0.1) is 5.92 Å². The first kappa shape index (κ1) is 19.3. The predicted molar refractivity (Wildman–Crippen MR) is 94.8 cm³/mol. The summed E-state index contributed by atoms with van der Waals surface area (Å²) in [6.07, 6.45) is 0. The van der Waals surface area contributed by atoms with Gasteiger partial charge >= 0.3 is 5.97 Å². The van der Waals surface area contributed by atoms with Crippen molar-refractivity contribution in [2.75, 3.05) is 11.9 Å². The van der Waals surface area contributed by atoms with Crippen LogP contribution in [0.3, 0.4) is 0 Å². The molecule has 136 valence electrons. The Morgan fingerprint density at radius 3 is 2.38 bits per heavy atom. The number of aliphatic carboxylic acids is 1. The summed E-state index contributed by atoms with van der Waals surface area (Å²) in [5.74, 6) is -3.39. The number of amides is 1. The molecule has 1 amide bonds. The average Bonchev–Trinajstić information content (AvgIpc) is 2.60. The number of nitrogens with one attached hydrogen (secondary N) is 1. The molecule has 0 aliphatic rings. The fraction of sp³-hybridized carbons (Fsp3) is 0.167. The molecule has 2 aromatic carbocycles. The molecule has 0 saturated carbocycles. The minimum atomic E-state index is -0.960. The van der Waals surface area contributed by atoms with E-state index in [2.05, 4.69) is 5.32 Å². The largest absolute Gasteiger partial charge is 0.507 e. The van der Waals surface area contributed by atoms with Gasteiger partial charge in [-0.25, -0.2) is 0 Å². The minimum absolute atomic E-state index is 0.00929. The summed E-state index contributed by atoms with van der Waals surface area (Å²) in [5, 5.41) is 21.2. The van der Waals surface area contributed by atoms with Crippen molar-refractivity contribution in [3.05, 3.63) is 53.1 Å². The summed E-state index contributed by atoms with van der Waals surface area (Å²) in [6.45, 7) is 1.53. The van der Waals surface area contributed by atoms with E-state index in [9.17, 15) is 19.5 Å². The lowest BCUT2D eigenvalue weighted by atomic mass is 10.1. The highest BCUT2D eigenvalue weighted by Gasteiger charge is 2.20. The molecule has 0 radical (unpaired) electrons. The highest BCUT2D eigenvalue weighted by molar-refractivity contribution is 6.47. The van der Waals surface area contributed by atoms with Gasteiger partial charge in [0.05, 0.1) is 11.5 Å². The Labute approximate surface area is 154 Å². The summed E-state index contributed by atoms with van der Waals surface area (Å²) in [6, 6.07) is 9.92. The molecule has 0 aromatic heterocycles. The van der Waals surface area contributed by atoms with Crippen molar-refractivity contribution in [2.45, 2.75) is 6.92 Å². The van der Waals surface area contributed by atoms with Crippen LogP contribution in [0.4, 0.5) is 5.69 Å². The van der Waals surface area contributed by atoms with Crippen LogP contribution in [-0.2, 0) is 9.59 Å². The number of ketones is 1. The van der Waals surface area contributed by atoms with Crippen molar-refractivity contribution < 1.29 is 29.3 Å². The van der Waals surface area contributed by atoms with Crippen LogP contribution in [0.15, 0.2) is 42.5 Å². The third kappa shape index (κ3) is 4.97. The maximum atomic E-state index is 12.1. The first-order valence-electron chi connectivity index (χ1n) is 7.58. The lowest BCUT2D eigenvalue weighted by Gasteiger charge is -2.10. The first-order chi connectivity index (χ1) is 12.3.